The number of hydrogen-bond donors (Lipinski definition) is 0. The molecular weight excluding hydrogens is 356 g/mol. The van der Waals surface area contributed by atoms with Crippen LogP contribution in [0.2, 0.25) is 5.02 Å². The Morgan fingerprint density at radius 2 is 1.77 bits per heavy atom. The molecule has 0 N–H and O–H groups in total. The summed E-state index contributed by atoms with van der Waals surface area (Å²) < 4.78 is 0. The average Bonchev–Trinajstić information content (AvgIpc) is 2.67. The van der Waals surface area contributed by atoms with E-state index in [9.17, 15) is 14.9 Å². The van der Waals surface area contributed by atoms with Crippen LogP contribution in [0.5, 0.6) is 0 Å². The maximum atomic E-state index is 12.7. The van der Waals surface area contributed by atoms with Crippen molar-refractivity contribution >= 4 is 28.9 Å². The Morgan fingerprint density at radius 1 is 1.12 bits per heavy atom. The molecule has 0 aliphatic carbocycles. The van der Waals surface area contributed by atoms with E-state index in [-0.39, 0.29) is 17.6 Å². The largest absolute Gasteiger partial charge is 0.363 e. The molecule has 2 saturated heterocycles. The second-order valence-electron chi connectivity index (χ2n) is 6.98. The summed E-state index contributed by atoms with van der Waals surface area (Å²) in [5, 5.41) is 11.7. The summed E-state index contributed by atoms with van der Waals surface area (Å²) in [7, 11) is 0. The standard InChI is InChI=1S/C18H25ClN4O3/c1-14(18(24)22-7-3-2-4-8-22)20-9-11-21(12-10-20)16-6-5-15(19)13-17(16)23(25)26/h5-6,13-14H,2-4,7-12H2,1H3/t14-/m1/s1. The van der Waals surface area contributed by atoms with Gasteiger partial charge >= 0.3 is 0 Å². The highest BCUT2D eigenvalue weighted by atomic mass is 35.5. The molecule has 1 atom stereocenters. The van der Waals surface area contributed by atoms with Crippen LogP contribution in [-0.2, 0) is 4.79 Å². The summed E-state index contributed by atoms with van der Waals surface area (Å²) in [6.45, 7) is 6.42. The van der Waals surface area contributed by atoms with Crippen molar-refractivity contribution < 1.29 is 9.72 Å². The van der Waals surface area contributed by atoms with Crippen LogP contribution in [0.25, 0.3) is 0 Å². The van der Waals surface area contributed by atoms with E-state index in [1.807, 2.05) is 16.7 Å². The summed E-state index contributed by atoms with van der Waals surface area (Å²) in [6.07, 6.45) is 3.38. The van der Waals surface area contributed by atoms with Gasteiger partial charge in [-0.1, -0.05) is 11.6 Å². The molecule has 2 aliphatic rings. The molecule has 8 heteroatoms. The first-order valence-corrected chi connectivity index (χ1v) is 9.57. The smallest absolute Gasteiger partial charge is 0.294 e. The third kappa shape index (κ3) is 4.10. The Hall–Kier alpha value is -1.86. The first-order valence-electron chi connectivity index (χ1n) is 9.19. The highest BCUT2D eigenvalue weighted by Gasteiger charge is 2.30. The molecule has 142 valence electrons. The number of piperazine rings is 1. The van der Waals surface area contributed by atoms with E-state index in [4.69, 9.17) is 11.6 Å². The van der Waals surface area contributed by atoms with E-state index < -0.39 is 4.92 Å². The quantitative estimate of drug-likeness (QED) is 0.593. The number of benzene rings is 1. The van der Waals surface area contributed by atoms with Crippen molar-refractivity contribution in [1.82, 2.24) is 9.80 Å². The molecule has 2 heterocycles. The number of likely N-dealkylation sites (tertiary alicyclic amines) is 1. The maximum Gasteiger partial charge on any atom is 0.294 e. The first-order chi connectivity index (χ1) is 12.5. The molecule has 1 aromatic rings. The van der Waals surface area contributed by atoms with Gasteiger partial charge in [-0.2, -0.15) is 0 Å². The highest BCUT2D eigenvalue weighted by Crippen LogP contribution is 2.31. The van der Waals surface area contributed by atoms with Gasteiger partial charge in [0, 0.05) is 50.4 Å². The minimum absolute atomic E-state index is 0.0309. The van der Waals surface area contributed by atoms with Crippen molar-refractivity contribution in [3.05, 3.63) is 33.3 Å². The molecule has 3 rings (SSSR count). The lowest BCUT2D eigenvalue weighted by Crippen LogP contribution is -2.55. The predicted octanol–water partition coefficient (Wildman–Crippen LogP) is 2.77. The van der Waals surface area contributed by atoms with Crippen LogP contribution in [0.3, 0.4) is 0 Å². The van der Waals surface area contributed by atoms with Crippen LogP contribution in [-0.4, -0.2) is 65.9 Å². The summed E-state index contributed by atoms with van der Waals surface area (Å²) in [5.41, 5.74) is 0.623. The van der Waals surface area contributed by atoms with Crippen molar-refractivity contribution in [3.63, 3.8) is 0 Å². The maximum absolute atomic E-state index is 12.7. The lowest BCUT2D eigenvalue weighted by molar-refractivity contribution is -0.384. The van der Waals surface area contributed by atoms with Crippen molar-refractivity contribution in [2.45, 2.75) is 32.2 Å². The molecule has 1 aromatic carbocycles. The van der Waals surface area contributed by atoms with Gasteiger partial charge in [0.25, 0.3) is 5.69 Å². The van der Waals surface area contributed by atoms with Gasteiger partial charge in [0.2, 0.25) is 5.91 Å². The van der Waals surface area contributed by atoms with Gasteiger partial charge in [-0.15, -0.1) is 0 Å². The van der Waals surface area contributed by atoms with Crippen molar-refractivity contribution in [3.8, 4) is 0 Å². The van der Waals surface area contributed by atoms with Crippen molar-refractivity contribution in [2.75, 3.05) is 44.2 Å². The van der Waals surface area contributed by atoms with Gasteiger partial charge in [0.1, 0.15) is 5.69 Å². The normalized spacial score (nSPS) is 20.1. The Morgan fingerprint density at radius 3 is 2.38 bits per heavy atom. The lowest BCUT2D eigenvalue weighted by atomic mass is 10.1. The number of carbonyl (C=O) groups excluding carboxylic acids is 1. The van der Waals surface area contributed by atoms with E-state index in [0.29, 0.717) is 36.9 Å². The minimum Gasteiger partial charge on any atom is -0.363 e. The minimum atomic E-state index is -0.393. The molecule has 2 fully saturated rings. The Balaban J connectivity index is 1.62. The second-order valence-corrected chi connectivity index (χ2v) is 7.41. The molecule has 0 unspecified atom stereocenters. The molecule has 1 amide bonds. The van der Waals surface area contributed by atoms with Crippen LogP contribution in [0.15, 0.2) is 18.2 Å². The van der Waals surface area contributed by atoms with E-state index in [1.54, 1.807) is 12.1 Å². The molecule has 0 aromatic heterocycles. The molecule has 0 radical (unpaired) electrons. The Labute approximate surface area is 158 Å². The average molecular weight is 381 g/mol. The summed E-state index contributed by atoms with van der Waals surface area (Å²) in [5.74, 6) is 0.204. The number of halogens is 1. The summed E-state index contributed by atoms with van der Waals surface area (Å²) >= 11 is 5.90. The van der Waals surface area contributed by atoms with E-state index in [0.717, 1.165) is 25.9 Å². The van der Waals surface area contributed by atoms with Crippen molar-refractivity contribution in [1.29, 1.82) is 0 Å². The summed E-state index contributed by atoms with van der Waals surface area (Å²) in [4.78, 5) is 29.8. The van der Waals surface area contributed by atoms with Gasteiger partial charge in [-0.3, -0.25) is 19.8 Å². The van der Waals surface area contributed by atoms with Crippen LogP contribution in [0.1, 0.15) is 26.2 Å². The Kier molecular flexibility index (Phi) is 5.98. The number of nitro benzene ring substituents is 1. The highest BCUT2D eigenvalue weighted by molar-refractivity contribution is 6.30. The molecule has 7 nitrogen and oxygen atoms in total. The van der Waals surface area contributed by atoms with Gasteiger partial charge in [0.05, 0.1) is 11.0 Å². The number of amides is 1. The number of rotatable bonds is 4. The topological polar surface area (TPSA) is 69.9 Å². The number of hydrogen-bond acceptors (Lipinski definition) is 5. The monoisotopic (exact) mass is 380 g/mol. The van der Waals surface area contributed by atoms with Gasteiger partial charge in [-0.05, 0) is 38.3 Å². The fourth-order valence-electron chi connectivity index (χ4n) is 3.80. The second kappa shape index (κ2) is 8.22. The number of carbonyl (C=O) groups is 1. The van der Waals surface area contributed by atoms with E-state index >= 15 is 0 Å². The number of anilines is 1. The van der Waals surface area contributed by atoms with E-state index in [2.05, 4.69) is 4.90 Å². The van der Waals surface area contributed by atoms with Gasteiger partial charge < -0.3 is 9.80 Å². The van der Waals surface area contributed by atoms with Crippen LogP contribution in [0.4, 0.5) is 11.4 Å². The fourth-order valence-corrected chi connectivity index (χ4v) is 3.96. The lowest BCUT2D eigenvalue weighted by Gasteiger charge is -2.40. The van der Waals surface area contributed by atoms with E-state index in [1.165, 1.54) is 12.5 Å². The summed E-state index contributed by atoms with van der Waals surface area (Å²) in [6, 6.07) is 4.64. The number of nitro groups is 1. The SMILES string of the molecule is C[C@H](C(=O)N1CCCCC1)N1CCN(c2ccc(Cl)cc2[N+](=O)[O-])CC1. The fraction of sp³-hybridized carbons (Fsp3) is 0.611. The molecule has 0 saturated carbocycles. The number of piperidine rings is 1. The van der Waals surface area contributed by atoms with Crippen LogP contribution in [0, 0.1) is 10.1 Å². The van der Waals surface area contributed by atoms with Crippen LogP contribution < -0.4 is 4.90 Å². The molecule has 0 spiro atoms. The van der Waals surface area contributed by atoms with Crippen LogP contribution >= 0.6 is 11.6 Å². The Bertz CT molecular complexity index is 670. The molecule has 0 bridgehead atoms. The third-order valence-corrected chi connectivity index (χ3v) is 5.60. The molecule has 2 aliphatic heterocycles. The predicted molar refractivity (Wildman–Crippen MR) is 102 cm³/mol. The van der Waals surface area contributed by atoms with Crippen molar-refractivity contribution in [2.24, 2.45) is 0 Å². The third-order valence-electron chi connectivity index (χ3n) is 5.36. The zero-order valence-corrected chi connectivity index (χ0v) is 15.8. The zero-order valence-electron chi connectivity index (χ0n) is 15.1. The zero-order chi connectivity index (χ0) is 18.7. The number of nitrogens with zero attached hydrogens (tertiary/aromatic N) is 4. The molecular formula is C18H25ClN4O3. The van der Waals surface area contributed by atoms with Gasteiger partial charge in [-0.25, -0.2) is 0 Å². The molecule has 26 heavy (non-hydrogen) atoms. The van der Waals surface area contributed by atoms with Gasteiger partial charge in [0.15, 0.2) is 0 Å². The first kappa shape index (κ1) is 18.9.